The highest BCUT2D eigenvalue weighted by atomic mass is 32.2. The highest BCUT2D eigenvalue weighted by Gasteiger charge is 2.29. The predicted octanol–water partition coefficient (Wildman–Crippen LogP) is 3.76. The molecule has 1 atom stereocenters. The van der Waals surface area contributed by atoms with E-state index < -0.39 is 21.5 Å². The van der Waals surface area contributed by atoms with Gasteiger partial charge < -0.3 is 10.4 Å². The van der Waals surface area contributed by atoms with Gasteiger partial charge in [-0.1, -0.05) is 6.42 Å². The summed E-state index contributed by atoms with van der Waals surface area (Å²) in [5, 5.41) is 19.2. The number of aliphatic hydroxyl groups is 1. The monoisotopic (exact) mass is 449 g/mol. The van der Waals surface area contributed by atoms with Gasteiger partial charge in [-0.2, -0.15) is 0 Å². The normalized spacial score (nSPS) is 18.4. The zero-order valence-electron chi connectivity index (χ0n) is 17.4. The van der Waals surface area contributed by atoms with Crippen LogP contribution in [0.1, 0.15) is 73.0 Å². The first-order chi connectivity index (χ1) is 14.1. The molecule has 1 saturated carbocycles. The molecule has 2 aliphatic carbocycles. The van der Waals surface area contributed by atoms with Crippen molar-refractivity contribution < 1.29 is 14.1 Å². The van der Waals surface area contributed by atoms with Crippen molar-refractivity contribution in [3.8, 4) is 0 Å². The van der Waals surface area contributed by atoms with E-state index in [2.05, 4.69) is 14.7 Å². The first-order valence-electron chi connectivity index (χ1n) is 10.1. The number of nitrogens with one attached hydrogen (secondary N) is 1. The number of anilines is 1. The molecule has 2 amide bonds. The van der Waals surface area contributed by atoms with Crippen LogP contribution in [0.2, 0.25) is 0 Å². The van der Waals surface area contributed by atoms with Crippen LogP contribution in [0.25, 0.3) is 0 Å². The summed E-state index contributed by atoms with van der Waals surface area (Å²) in [4.78, 5) is 21.7. The zero-order chi connectivity index (χ0) is 21.7. The van der Waals surface area contributed by atoms with E-state index in [1.54, 1.807) is 13.8 Å². The molecule has 4 N–H and O–H groups in total. The summed E-state index contributed by atoms with van der Waals surface area (Å²) >= 11 is 0.990. The third kappa shape index (κ3) is 4.01. The number of aryl methyl sites for hydroxylation is 1. The van der Waals surface area contributed by atoms with E-state index in [9.17, 15) is 14.1 Å². The van der Waals surface area contributed by atoms with Gasteiger partial charge in [0, 0.05) is 17.3 Å². The third-order valence-electron chi connectivity index (χ3n) is 5.74. The maximum atomic E-state index is 12.9. The summed E-state index contributed by atoms with van der Waals surface area (Å²) in [5.74, 6) is 0.444. The van der Waals surface area contributed by atoms with Gasteiger partial charge in [0.05, 0.1) is 11.9 Å². The van der Waals surface area contributed by atoms with E-state index in [-0.39, 0.29) is 4.21 Å². The van der Waals surface area contributed by atoms with Gasteiger partial charge in [-0.15, -0.1) is 15.7 Å². The molecule has 0 saturated heterocycles. The summed E-state index contributed by atoms with van der Waals surface area (Å²) in [6, 6.07) is -0.747. The summed E-state index contributed by atoms with van der Waals surface area (Å²) in [7, 11) is -3.47. The topological polar surface area (TPSA) is 131 Å². The molecule has 4 rings (SSSR count). The highest BCUT2D eigenvalue weighted by molar-refractivity contribution is 7.93. The van der Waals surface area contributed by atoms with Crippen molar-refractivity contribution in [3.63, 3.8) is 0 Å². The van der Waals surface area contributed by atoms with E-state index >= 15 is 0 Å². The first kappa shape index (κ1) is 21.4. The Morgan fingerprint density at radius 1 is 1.37 bits per heavy atom. The van der Waals surface area contributed by atoms with Crippen molar-refractivity contribution in [2.45, 2.75) is 75.0 Å². The third-order valence-corrected chi connectivity index (χ3v) is 8.93. The number of nitrogens with two attached hydrogens (primary N) is 1. The number of pyridine rings is 1. The summed E-state index contributed by atoms with van der Waals surface area (Å²) in [5.41, 5.74) is 3.67. The Bertz CT molecular complexity index is 1120. The number of amides is 2. The van der Waals surface area contributed by atoms with Crippen LogP contribution in [-0.2, 0) is 28.4 Å². The van der Waals surface area contributed by atoms with E-state index in [1.807, 2.05) is 6.92 Å². The minimum atomic E-state index is -3.47. The van der Waals surface area contributed by atoms with Gasteiger partial charge in [0.2, 0.25) is 0 Å². The fourth-order valence-electron chi connectivity index (χ4n) is 3.93. The van der Waals surface area contributed by atoms with Crippen LogP contribution < -0.4 is 10.5 Å². The SMILES string of the molecule is Cc1c(C2CCC2)nc2c(c1NC(=O)N=[S@@](N)(=O)c1cnc(C(C)(C)O)s1)CCC2. The van der Waals surface area contributed by atoms with Crippen LogP contribution in [0.15, 0.2) is 14.8 Å². The lowest BCUT2D eigenvalue weighted by atomic mass is 9.80. The molecule has 10 heteroatoms. The quantitative estimate of drug-likeness (QED) is 0.654. The summed E-state index contributed by atoms with van der Waals surface area (Å²) in [6.45, 7) is 5.13. The smallest absolute Gasteiger partial charge is 0.354 e. The Morgan fingerprint density at radius 3 is 2.70 bits per heavy atom. The van der Waals surface area contributed by atoms with E-state index in [0.29, 0.717) is 10.9 Å². The predicted molar refractivity (Wildman–Crippen MR) is 117 cm³/mol. The number of hydrogen-bond acceptors (Lipinski definition) is 6. The molecule has 0 aliphatic heterocycles. The minimum absolute atomic E-state index is 0.154. The van der Waals surface area contributed by atoms with Gasteiger partial charge in [0.25, 0.3) is 0 Å². The molecular formula is C20H27N5O3S2. The first-order valence-corrected chi connectivity index (χ1v) is 12.5. The number of fused-ring (bicyclic) bond motifs is 1. The lowest BCUT2D eigenvalue weighted by Crippen LogP contribution is -2.20. The Labute approximate surface area is 180 Å². The Kier molecular flexibility index (Phi) is 5.46. The van der Waals surface area contributed by atoms with Crippen molar-refractivity contribution >= 4 is 33.0 Å². The molecule has 2 heterocycles. The number of carbonyl (C=O) groups is 1. The van der Waals surface area contributed by atoms with Crippen LogP contribution in [-0.4, -0.2) is 25.3 Å². The number of rotatable bonds is 4. The number of urea groups is 1. The van der Waals surface area contributed by atoms with Crippen LogP contribution in [0.5, 0.6) is 0 Å². The standard InChI is InChI=1S/C20H27N5O3S2/c1-11-16(12-6-4-7-12)23-14-9-5-8-13(14)17(11)24-19(26)25-30(21,28)15-10-22-18(29-15)20(2,3)27/h10,12,27H,4-9H2,1-3H3,(H3,21,23,24,25,26,28)/t30-/m1/s1. The molecule has 0 unspecified atom stereocenters. The molecule has 2 aromatic rings. The second-order valence-corrected chi connectivity index (χ2v) is 11.6. The molecule has 0 spiro atoms. The summed E-state index contributed by atoms with van der Waals surface area (Å²) in [6.07, 6.45) is 7.52. The molecule has 8 nitrogen and oxygen atoms in total. The number of thiazole rings is 1. The lowest BCUT2D eigenvalue weighted by molar-refractivity contribution is 0.0783. The average molecular weight is 450 g/mol. The summed E-state index contributed by atoms with van der Waals surface area (Å²) < 4.78 is 16.8. The Balaban J connectivity index is 1.65. The minimum Gasteiger partial charge on any atom is -0.383 e. The maximum Gasteiger partial charge on any atom is 0.354 e. The molecule has 30 heavy (non-hydrogen) atoms. The van der Waals surface area contributed by atoms with Crippen molar-refractivity contribution in [3.05, 3.63) is 33.7 Å². The molecule has 1 fully saturated rings. The molecule has 0 radical (unpaired) electrons. The number of carbonyl (C=O) groups excluding carboxylic acids is 1. The maximum absolute atomic E-state index is 12.9. The van der Waals surface area contributed by atoms with Crippen molar-refractivity contribution in [2.24, 2.45) is 9.50 Å². The van der Waals surface area contributed by atoms with E-state index in [1.165, 1.54) is 12.6 Å². The molecule has 162 valence electrons. The Hall–Kier alpha value is -1.88. The molecule has 0 bridgehead atoms. The van der Waals surface area contributed by atoms with Crippen LogP contribution in [0.3, 0.4) is 0 Å². The number of aromatic nitrogens is 2. The second-order valence-electron chi connectivity index (χ2n) is 8.54. The fraction of sp³-hybridized carbons (Fsp3) is 0.550. The van der Waals surface area contributed by atoms with Crippen LogP contribution in [0.4, 0.5) is 10.5 Å². The van der Waals surface area contributed by atoms with Gasteiger partial charge in [0.15, 0.2) is 9.92 Å². The zero-order valence-corrected chi connectivity index (χ0v) is 19.0. The molecular weight excluding hydrogens is 422 g/mol. The van der Waals surface area contributed by atoms with Gasteiger partial charge >= 0.3 is 6.03 Å². The largest absolute Gasteiger partial charge is 0.383 e. The average Bonchev–Trinajstić information content (AvgIpc) is 3.25. The van der Waals surface area contributed by atoms with Gasteiger partial charge in [-0.25, -0.2) is 19.1 Å². The fourth-order valence-corrected chi connectivity index (χ4v) is 5.99. The van der Waals surface area contributed by atoms with Crippen LogP contribution >= 0.6 is 11.3 Å². The van der Waals surface area contributed by atoms with E-state index in [0.717, 1.165) is 71.6 Å². The Morgan fingerprint density at radius 2 is 2.10 bits per heavy atom. The van der Waals surface area contributed by atoms with Gasteiger partial charge in [0.1, 0.15) is 14.8 Å². The van der Waals surface area contributed by atoms with E-state index in [4.69, 9.17) is 10.1 Å². The highest BCUT2D eigenvalue weighted by Crippen LogP contribution is 2.41. The number of nitrogens with zero attached hydrogens (tertiary/aromatic N) is 3. The van der Waals surface area contributed by atoms with Gasteiger partial charge in [-0.05, 0) is 64.0 Å². The lowest BCUT2D eigenvalue weighted by Gasteiger charge is -2.28. The second kappa shape index (κ2) is 7.67. The van der Waals surface area contributed by atoms with Crippen molar-refractivity contribution in [1.29, 1.82) is 0 Å². The number of hydrogen-bond donors (Lipinski definition) is 3. The van der Waals surface area contributed by atoms with Crippen LogP contribution in [0, 0.1) is 6.92 Å². The molecule has 0 aromatic carbocycles. The van der Waals surface area contributed by atoms with Crippen molar-refractivity contribution in [2.75, 3.05) is 5.32 Å². The molecule has 2 aliphatic rings. The van der Waals surface area contributed by atoms with Gasteiger partial charge in [-0.3, -0.25) is 4.98 Å². The van der Waals surface area contributed by atoms with Crippen molar-refractivity contribution in [1.82, 2.24) is 9.97 Å². The molecule has 2 aromatic heterocycles.